The molecule has 0 unspecified atom stereocenters. The summed E-state index contributed by atoms with van der Waals surface area (Å²) in [5.74, 6) is 1.89. The van der Waals surface area contributed by atoms with E-state index in [0.29, 0.717) is 22.9 Å². The molecule has 0 aliphatic carbocycles. The van der Waals surface area contributed by atoms with Crippen LogP contribution in [-0.2, 0) is 24.8 Å². The summed E-state index contributed by atoms with van der Waals surface area (Å²) in [5.41, 5.74) is 18.9. The van der Waals surface area contributed by atoms with E-state index in [-0.39, 0.29) is 35.1 Å². The van der Waals surface area contributed by atoms with Crippen molar-refractivity contribution in [1.29, 1.82) is 0 Å². The number of imidazole rings is 1. The van der Waals surface area contributed by atoms with Gasteiger partial charge in [0.05, 0.1) is 6.85 Å². The molecule has 0 spiro atoms. The number of para-hydroxylation sites is 3. The smallest absolute Gasteiger partial charge is 0.0617 e. The fourth-order valence-corrected chi connectivity index (χ4v) is 14.0. The number of nitrogens with zero attached hydrogens (tertiary/aromatic N) is 5. The fourth-order valence-electron chi connectivity index (χ4n) is 12.9. The number of rotatable bonds is 10. The van der Waals surface area contributed by atoms with Gasteiger partial charge in [0.2, 0.25) is 0 Å². The molecule has 0 amide bonds. The van der Waals surface area contributed by atoms with Gasteiger partial charge in [0, 0.05) is 6.20 Å². The third-order valence-electron chi connectivity index (χ3n) is 17.1. The summed E-state index contributed by atoms with van der Waals surface area (Å²) in [5, 5.41) is 3.82. The Morgan fingerprint density at radius 3 is 1.60 bits per heavy atom. The van der Waals surface area contributed by atoms with Crippen molar-refractivity contribution in [3.05, 3.63) is 313 Å². The molecule has 428 valence electrons. The van der Waals surface area contributed by atoms with Crippen molar-refractivity contribution in [2.75, 3.05) is 0 Å². The summed E-state index contributed by atoms with van der Waals surface area (Å²) in [4.78, 5) is 5.00. The van der Waals surface area contributed by atoms with E-state index in [1.807, 2.05) is 36.5 Å². The van der Waals surface area contributed by atoms with Gasteiger partial charge in [-0.3, -0.25) is 0 Å². The molecular formula is C82H59N5OPt. The monoisotopic (exact) mass is 1330 g/mol. The Morgan fingerprint density at radius 1 is 0.382 bits per heavy atom. The van der Waals surface area contributed by atoms with Crippen LogP contribution < -0.4 is 4.74 Å². The Bertz CT molecular complexity index is 5690. The molecular weight excluding hydrogens is 1270 g/mol. The first kappa shape index (κ1) is 48.5. The van der Waals surface area contributed by atoms with E-state index in [2.05, 4.69) is 295 Å². The van der Waals surface area contributed by atoms with Gasteiger partial charge in [-0.1, -0.05) is 57.0 Å². The summed E-state index contributed by atoms with van der Waals surface area (Å²) in [6, 6.07) is 92.3. The van der Waals surface area contributed by atoms with Gasteiger partial charge in [-0.15, -0.1) is 0 Å². The Kier molecular flexibility index (Phi) is 11.9. The van der Waals surface area contributed by atoms with Crippen LogP contribution in [0.1, 0.15) is 33.2 Å². The summed E-state index contributed by atoms with van der Waals surface area (Å²) in [6.45, 7) is 6.55. The molecule has 4 heterocycles. The molecule has 0 fully saturated rings. The van der Waals surface area contributed by atoms with Gasteiger partial charge in [-0.2, -0.15) is 0 Å². The molecule has 0 saturated carbocycles. The third-order valence-corrected chi connectivity index (χ3v) is 18.1. The quantitative estimate of drug-likeness (QED) is 0.137. The Labute approximate surface area is 534 Å². The van der Waals surface area contributed by atoms with Crippen LogP contribution in [0.25, 0.3) is 133 Å². The molecule has 6 nitrogen and oxygen atoms in total. The first-order chi connectivity index (χ1) is 45.8. The first-order valence-electron chi connectivity index (χ1n) is 32.3. The van der Waals surface area contributed by atoms with Crippen LogP contribution in [0, 0.1) is 3.80 Å². The van der Waals surface area contributed by atoms with Crippen molar-refractivity contribution in [1.82, 2.24) is 23.1 Å². The molecule has 12 aromatic carbocycles. The Balaban J connectivity index is 0.995. The maximum absolute atomic E-state index is 8.94. The van der Waals surface area contributed by atoms with Crippen LogP contribution in [-0.4, -0.2) is 23.1 Å². The predicted molar refractivity (Wildman–Crippen MR) is 365 cm³/mol. The van der Waals surface area contributed by atoms with Gasteiger partial charge in [0.15, 0.2) is 0 Å². The van der Waals surface area contributed by atoms with E-state index in [1.165, 1.54) is 0 Å². The van der Waals surface area contributed by atoms with Gasteiger partial charge in [0.1, 0.15) is 0 Å². The van der Waals surface area contributed by atoms with Crippen molar-refractivity contribution in [2.24, 2.45) is 0 Å². The number of fused-ring (bicyclic) bond motifs is 7. The molecule has 0 aliphatic heterocycles. The minimum Gasteiger partial charge on any atom is -0.0617 e. The van der Waals surface area contributed by atoms with Crippen molar-refractivity contribution in [3.63, 3.8) is 0 Å². The molecule has 0 bridgehead atoms. The zero-order chi connectivity index (χ0) is 64.1. The number of pyridine rings is 1. The standard InChI is InChI=1S/C82H59N5O.Pt/c1-82(2,3)63-45-46-83-79(51-63)87-74-43-39-60(55-23-9-4-10-24-55)50-72(74)70-42-40-65(52-77(70)87)88-66-41-44-75-78(53-66)85-54-84(80-67(58-29-15-7-16-30-58)34-21-35-68(80)59-31-17-8-18-32-59)76-38-22-36-71(81(76)85)69-33-19-20-37-73(69)86(75)64-48-61(56-25-11-5-12-26-56)47-62(49-64)57-27-13-6-14-28-57;/h4-53H,1-3H3;/i4D,9D,10D,23D,24D;. The van der Waals surface area contributed by atoms with Crippen molar-refractivity contribution in [3.8, 4) is 84.3 Å². The molecule has 0 saturated heterocycles. The zero-order valence-corrected chi connectivity index (χ0v) is 51.2. The van der Waals surface area contributed by atoms with Crippen LogP contribution in [0.2, 0.25) is 0 Å². The average molecular weight is 1330 g/mol. The summed E-state index contributed by atoms with van der Waals surface area (Å²) in [6.07, 6.45) is 1.85. The summed E-state index contributed by atoms with van der Waals surface area (Å²) < 4.78 is 61.0. The van der Waals surface area contributed by atoms with Gasteiger partial charge < -0.3 is 0 Å². The summed E-state index contributed by atoms with van der Waals surface area (Å²) in [7, 11) is 0. The van der Waals surface area contributed by atoms with E-state index >= 15 is 0 Å². The molecule has 0 radical (unpaired) electrons. The van der Waals surface area contributed by atoms with E-state index in [9.17, 15) is 0 Å². The maximum atomic E-state index is 8.94. The van der Waals surface area contributed by atoms with E-state index < -0.39 is 6.04 Å². The minimum absolute atomic E-state index is 0.142. The normalized spacial score (nSPS) is 12.6. The number of aromatic nitrogens is 5. The SMILES string of the molecule is [2H]c1c([2H])c([2H])c(-c2ccc3c(c2)c2ccc(Oc4ccc5c(c4)n4[c](=[Pt])n(-c6c(-c7ccccc7)cccc6-c6ccccc6)c6cccc(c7ccccc7n5-c5cc(-c7ccccc7)cc(-c7ccccc7)c5)c64)cc2n3-c2cc(C(C)(C)C)ccn2)c([2H])c1[2H]. The van der Waals surface area contributed by atoms with E-state index in [1.54, 1.807) is 0 Å². The van der Waals surface area contributed by atoms with Crippen molar-refractivity contribution in [2.45, 2.75) is 26.2 Å². The topological polar surface area (TPSA) is 41.3 Å². The second-order valence-corrected chi connectivity index (χ2v) is 24.5. The van der Waals surface area contributed by atoms with E-state index in [4.69, 9.17) is 16.6 Å². The van der Waals surface area contributed by atoms with Crippen molar-refractivity contribution < 1.29 is 30.9 Å². The van der Waals surface area contributed by atoms with Crippen LogP contribution in [0.4, 0.5) is 0 Å². The van der Waals surface area contributed by atoms with Crippen LogP contribution in [0.15, 0.2) is 303 Å². The average Bonchev–Trinajstić information content (AvgIpc) is 1.52. The number of ether oxygens (including phenoxy) is 1. The number of hydrogen-bond acceptors (Lipinski definition) is 2. The Hall–Kier alpha value is -10.7. The summed E-state index contributed by atoms with van der Waals surface area (Å²) >= 11 is 2.56. The molecule has 7 heteroatoms. The van der Waals surface area contributed by atoms with Crippen LogP contribution >= 0.6 is 0 Å². The first-order valence-corrected chi connectivity index (χ1v) is 31.0. The third kappa shape index (κ3) is 9.47. The molecule has 0 aliphatic rings. The molecule has 0 N–H and O–H groups in total. The van der Waals surface area contributed by atoms with E-state index in [0.717, 1.165) is 125 Å². The number of benzene rings is 12. The predicted octanol–water partition coefficient (Wildman–Crippen LogP) is 21.5. The second-order valence-electron chi connectivity index (χ2n) is 23.5. The molecule has 89 heavy (non-hydrogen) atoms. The molecule has 4 aromatic heterocycles. The Morgan fingerprint density at radius 2 is 0.933 bits per heavy atom. The zero-order valence-electron chi connectivity index (χ0n) is 53.9. The van der Waals surface area contributed by atoms with Gasteiger partial charge >= 0.3 is 439 Å². The fraction of sp³-hybridized carbons (Fsp3) is 0.0488. The van der Waals surface area contributed by atoms with Crippen LogP contribution in [0.3, 0.4) is 0 Å². The van der Waals surface area contributed by atoms with Gasteiger partial charge in [0.25, 0.3) is 0 Å². The number of hydrogen-bond donors (Lipinski definition) is 0. The molecule has 0 atom stereocenters. The molecule has 16 rings (SSSR count). The minimum atomic E-state index is -0.431. The van der Waals surface area contributed by atoms with Crippen molar-refractivity contribution >= 4 is 60.2 Å². The van der Waals surface area contributed by atoms with Gasteiger partial charge in [-0.05, 0) is 28.2 Å². The van der Waals surface area contributed by atoms with Gasteiger partial charge in [-0.25, -0.2) is 0 Å². The van der Waals surface area contributed by atoms with Crippen LogP contribution in [0.5, 0.6) is 11.5 Å². The molecule has 16 aromatic rings. The second kappa shape index (κ2) is 21.9.